The first-order valence-electron chi connectivity index (χ1n) is 3.81. The Morgan fingerprint density at radius 3 is 2.92 bits per heavy atom. The highest BCUT2D eigenvalue weighted by Crippen LogP contribution is 2.25. The average Bonchev–Trinajstić information content (AvgIpc) is 2.11. The van der Waals surface area contributed by atoms with Crippen molar-refractivity contribution in [1.82, 2.24) is 0 Å². The van der Waals surface area contributed by atoms with Crippen LogP contribution >= 0.6 is 27.5 Å². The van der Waals surface area contributed by atoms with Crippen LogP contribution in [-0.2, 0) is 0 Å². The van der Waals surface area contributed by atoms with E-state index in [1.807, 2.05) is 25.1 Å². The van der Waals surface area contributed by atoms with Crippen LogP contribution in [0.4, 0.5) is 5.69 Å². The molecule has 0 saturated heterocycles. The second-order valence-electron chi connectivity index (χ2n) is 2.66. The van der Waals surface area contributed by atoms with E-state index in [1.165, 1.54) is 0 Å². The molecule has 1 nitrogen and oxygen atoms in total. The quantitative estimate of drug-likeness (QED) is 0.800. The van der Waals surface area contributed by atoms with Gasteiger partial charge in [0.05, 0.1) is 16.8 Å². The van der Waals surface area contributed by atoms with Gasteiger partial charge < -0.3 is 5.32 Å². The van der Waals surface area contributed by atoms with Crippen molar-refractivity contribution >= 4 is 33.2 Å². The SMILES string of the molecule is C#CC(C)Nc1cc(Br)ccc1Cl. The summed E-state index contributed by atoms with van der Waals surface area (Å²) in [7, 11) is 0. The second-order valence-corrected chi connectivity index (χ2v) is 3.98. The van der Waals surface area contributed by atoms with Crippen LogP contribution in [0.2, 0.25) is 5.02 Å². The molecule has 1 aromatic carbocycles. The molecule has 0 spiro atoms. The van der Waals surface area contributed by atoms with Crippen molar-refractivity contribution < 1.29 is 0 Å². The molecule has 0 aliphatic heterocycles. The fourth-order valence-corrected chi connectivity index (χ4v) is 1.42. The van der Waals surface area contributed by atoms with Gasteiger partial charge in [-0.15, -0.1) is 6.42 Å². The van der Waals surface area contributed by atoms with Gasteiger partial charge in [-0.25, -0.2) is 0 Å². The van der Waals surface area contributed by atoms with Crippen LogP contribution in [0.25, 0.3) is 0 Å². The Bertz CT molecular complexity index is 343. The van der Waals surface area contributed by atoms with Crippen molar-refractivity contribution in [3.05, 3.63) is 27.7 Å². The summed E-state index contributed by atoms with van der Waals surface area (Å²) < 4.78 is 0.976. The Labute approximate surface area is 91.6 Å². The van der Waals surface area contributed by atoms with Crippen molar-refractivity contribution in [2.45, 2.75) is 13.0 Å². The number of hydrogen-bond donors (Lipinski definition) is 1. The molecule has 1 unspecified atom stereocenters. The summed E-state index contributed by atoms with van der Waals surface area (Å²) in [4.78, 5) is 0. The van der Waals surface area contributed by atoms with Crippen LogP contribution < -0.4 is 5.32 Å². The largest absolute Gasteiger partial charge is 0.371 e. The predicted octanol–water partition coefficient (Wildman–Crippen LogP) is 3.54. The van der Waals surface area contributed by atoms with Gasteiger partial charge >= 0.3 is 0 Å². The number of nitrogens with one attached hydrogen (secondary N) is 1. The van der Waals surface area contributed by atoms with Crippen LogP contribution in [0.3, 0.4) is 0 Å². The van der Waals surface area contributed by atoms with Crippen LogP contribution in [0.15, 0.2) is 22.7 Å². The third kappa shape index (κ3) is 2.95. The first-order valence-corrected chi connectivity index (χ1v) is 4.98. The van der Waals surface area contributed by atoms with Gasteiger partial charge in [0.25, 0.3) is 0 Å². The number of benzene rings is 1. The van der Waals surface area contributed by atoms with E-state index in [9.17, 15) is 0 Å². The molecule has 0 aliphatic carbocycles. The Morgan fingerprint density at radius 1 is 1.62 bits per heavy atom. The fraction of sp³-hybridized carbons (Fsp3) is 0.200. The van der Waals surface area contributed by atoms with Crippen LogP contribution in [-0.4, -0.2) is 6.04 Å². The number of anilines is 1. The van der Waals surface area contributed by atoms with Crippen LogP contribution in [0.1, 0.15) is 6.92 Å². The Hall–Kier alpha value is -0.650. The molecule has 0 heterocycles. The van der Waals surface area contributed by atoms with E-state index < -0.39 is 0 Å². The highest BCUT2D eigenvalue weighted by Gasteiger charge is 2.02. The lowest BCUT2D eigenvalue weighted by atomic mass is 10.3. The first kappa shape index (κ1) is 10.4. The van der Waals surface area contributed by atoms with Gasteiger partial charge in [-0.05, 0) is 25.1 Å². The molecule has 68 valence electrons. The van der Waals surface area contributed by atoms with E-state index in [0.29, 0.717) is 5.02 Å². The van der Waals surface area contributed by atoms with Gasteiger partial charge in [0.2, 0.25) is 0 Å². The fourth-order valence-electron chi connectivity index (χ4n) is 0.883. The lowest BCUT2D eigenvalue weighted by Gasteiger charge is -2.10. The first-order chi connectivity index (χ1) is 6.13. The minimum Gasteiger partial charge on any atom is -0.371 e. The molecule has 1 aromatic rings. The molecule has 3 heteroatoms. The van der Waals surface area contributed by atoms with E-state index in [0.717, 1.165) is 10.2 Å². The zero-order chi connectivity index (χ0) is 9.84. The maximum atomic E-state index is 5.95. The van der Waals surface area contributed by atoms with E-state index >= 15 is 0 Å². The summed E-state index contributed by atoms with van der Waals surface area (Å²) in [6, 6.07) is 5.58. The molecule has 0 aromatic heterocycles. The van der Waals surface area contributed by atoms with Crippen LogP contribution in [0, 0.1) is 12.3 Å². The molecule has 13 heavy (non-hydrogen) atoms. The monoisotopic (exact) mass is 257 g/mol. The van der Waals surface area contributed by atoms with Crippen molar-refractivity contribution in [2.24, 2.45) is 0 Å². The summed E-state index contributed by atoms with van der Waals surface area (Å²) in [5.41, 5.74) is 0.849. The lowest BCUT2D eigenvalue weighted by molar-refractivity contribution is 1.04. The smallest absolute Gasteiger partial charge is 0.0846 e. The third-order valence-corrected chi connectivity index (χ3v) is 2.37. The van der Waals surface area contributed by atoms with Gasteiger partial charge in [0, 0.05) is 4.47 Å². The average molecular weight is 259 g/mol. The summed E-state index contributed by atoms with van der Waals surface area (Å²) in [6.45, 7) is 1.90. The van der Waals surface area contributed by atoms with Crippen molar-refractivity contribution in [3.63, 3.8) is 0 Å². The van der Waals surface area contributed by atoms with Gasteiger partial charge in [0.1, 0.15) is 0 Å². The maximum Gasteiger partial charge on any atom is 0.0846 e. The summed E-state index contributed by atoms with van der Waals surface area (Å²) in [5.74, 6) is 2.58. The van der Waals surface area contributed by atoms with Gasteiger partial charge in [-0.2, -0.15) is 0 Å². The van der Waals surface area contributed by atoms with Crippen molar-refractivity contribution in [1.29, 1.82) is 0 Å². The zero-order valence-electron chi connectivity index (χ0n) is 7.14. The third-order valence-electron chi connectivity index (χ3n) is 1.55. The topological polar surface area (TPSA) is 12.0 Å². The minimum atomic E-state index is -0.0215. The zero-order valence-corrected chi connectivity index (χ0v) is 9.48. The van der Waals surface area contributed by atoms with Crippen LogP contribution in [0.5, 0.6) is 0 Å². The summed E-state index contributed by atoms with van der Waals surface area (Å²) in [6.07, 6.45) is 5.24. The van der Waals surface area contributed by atoms with Gasteiger partial charge in [-0.3, -0.25) is 0 Å². The Balaban J connectivity index is 2.88. The minimum absolute atomic E-state index is 0.0215. The number of terminal acetylenes is 1. The molecule has 0 saturated carbocycles. The molecular formula is C10H9BrClN. The predicted molar refractivity (Wildman–Crippen MR) is 61.1 cm³/mol. The van der Waals surface area contributed by atoms with E-state index in [1.54, 1.807) is 0 Å². The van der Waals surface area contributed by atoms with E-state index in [2.05, 4.69) is 27.2 Å². The standard InChI is InChI=1S/C10H9BrClN/c1-3-7(2)13-10-6-8(11)4-5-9(10)12/h1,4-7,13H,2H3. The molecule has 0 radical (unpaired) electrons. The molecule has 1 rings (SSSR count). The molecular weight excluding hydrogens is 249 g/mol. The normalized spacial score (nSPS) is 11.8. The molecule has 0 fully saturated rings. The summed E-state index contributed by atoms with van der Waals surface area (Å²) in [5, 5.41) is 3.77. The molecule has 1 atom stereocenters. The van der Waals surface area contributed by atoms with Gasteiger partial charge in [-0.1, -0.05) is 33.5 Å². The number of hydrogen-bond acceptors (Lipinski definition) is 1. The van der Waals surface area contributed by atoms with Crippen molar-refractivity contribution in [3.8, 4) is 12.3 Å². The van der Waals surface area contributed by atoms with E-state index in [-0.39, 0.29) is 6.04 Å². The lowest BCUT2D eigenvalue weighted by Crippen LogP contribution is -2.12. The molecule has 0 amide bonds. The molecule has 0 aliphatic rings. The Morgan fingerprint density at radius 2 is 2.31 bits per heavy atom. The highest BCUT2D eigenvalue weighted by atomic mass is 79.9. The molecule has 0 bridgehead atoms. The number of halogens is 2. The Kier molecular flexibility index (Phi) is 3.65. The summed E-state index contributed by atoms with van der Waals surface area (Å²) >= 11 is 9.30. The van der Waals surface area contributed by atoms with Gasteiger partial charge in [0.15, 0.2) is 0 Å². The van der Waals surface area contributed by atoms with Crippen molar-refractivity contribution in [2.75, 3.05) is 5.32 Å². The maximum absolute atomic E-state index is 5.95. The second kappa shape index (κ2) is 4.55. The highest BCUT2D eigenvalue weighted by molar-refractivity contribution is 9.10. The van der Waals surface area contributed by atoms with E-state index in [4.69, 9.17) is 18.0 Å². The molecule has 1 N–H and O–H groups in total. The number of rotatable bonds is 2.